The maximum absolute atomic E-state index is 6.06. The normalized spacial score (nSPS) is 15.8. The molecule has 2 rings (SSSR count). The number of aromatic nitrogens is 2. The second-order valence-corrected chi connectivity index (χ2v) is 4.78. The zero-order valence-corrected chi connectivity index (χ0v) is 10.7. The van der Waals surface area contributed by atoms with Crippen LogP contribution >= 0.6 is 0 Å². The Labute approximate surface area is 102 Å². The van der Waals surface area contributed by atoms with E-state index in [1.54, 1.807) is 0 Å². The Kier molecular flexibility index (Phi) is 3.36. The molecule has 0 amide bonds. The van der Waals surface area contributed by atoms with Crippen molar-refractivity contribution in [3.8, 4) is 5.88 Å². The van der Waals surface area contributed by atoms with Gasteiger partial charge in [-0.2, -0.15) is 4.98 Å². The Bertz CT molecular complexity index is 390. The SMILES string of the molecule is CC(C)Oc1ncnc(N(C)C2CCC2)c1N. The molecule has 17 heavy (non-hydrogen) atoms. The number of hydrogen-bond acceptors (Lipinski definition) is 5. The van der Waals surface area contributed by atoms with E-state index in [0.29, 0.717) is 17.6 Å². The van der Waals surface area contributed by atoms with Gasteiger partial charge in [0.1, 0.15) is 12.0 Å². The summed E-state index contributed by atoms with van der Waals surface area (Å²) in [4.78, 5) is 10.5. The summed E-state index contributed by atoms with van der Waals surface area (Å²) in [6, 6.07) is 0.555. The van der Waals surface area contributed by atoms with Gasteiger partial charge in [0.25, 0.3) is 0 Å². The van der Waals surface area contributed by atoms with Crippen LogP contribution in [0.4, 0.5) is 11.5 Å². The third-order valence-electron chi connectivity index (χ3n) is 3.13. The molecule has 0 unspecified atom stereocenters. The molecule has 1 heterocycles. The van der Waals surface area contributed by atoms with Crippen molar-refractivity contribution in [2.24, 2.45) is 0 Å². The fourth-order valence-electron chi connectivity index (χ4n) is 1.92. The van der Waals surface area contributed by atoms with Gasteiger partial charge in [0.15, 0.2) is 5.82 Å². The van der Waals surface area contributed by atoms with Crippen LogP contribution < -0.4 is 15.4 Å². The zero-order chi connectivity index (χ0) is 12.4. The number of nitrogens with zero attached hydrogens (tertiary/aromatic N) is 3. The number of nitrogens with two attached hydrogens (primary N) is 1. The number of nitrogen functional groups attached to an aromatic ring is 1. The summed E-state index contributed by atoms with van der Waals surface area (Å²) in [5, 5.41) is 0. The lowest BCUT2D eigenvalue weighted by Gasteiger charge is -2.36. The third-order valence-corrected chi connectivity index (χ3v) is 3.13. The van der Waals surface area contributed by atoms with Gasteiger partial charge in [-0.05, 0) is 33.1 Å². The number of hydrogen-bond donors (Lipinski definition) is 1. The lowest BCUT2D eigenvalue weighted by molar-refractivity contribution is 0.233. The molecule has 1 aliphatic rings. The molecule has 1 saturated carbocycles. The van der Waals surface area contributed by atoms with Crippen LogP contribution in [0, 0.1) is 0 Å². The van der Waals surface area contributed by atoms with Gasteiger partial charge >= 0.3 is 0 Å². The first-order valence-corrected chi connectivity index (χ1v) is 6.09. The van der Waals surface area contributed by atoms with Crippen molar-refractivity contribution in [2.75, 3.05) is 17.7 Å². The van der Waals surface area contributed by atoms with Crippen LogP contribution in [-0.4, -0.2) is 29.2 Å². The average molecular weight is 236 g/mol. The van der Waals surface area contributed by atoms with Crippen molar-refractivity contribution < 1.29 is 4.74 Å². The molecule has 0 radical (unpaired) electrons. The van der Waals surface area contributed by atoms with Crippen LogP contribution in [0.15, 0.2) is 6.33 Å². The number of ether oxygens (including phenoxy) is 1. The van der Waals surface area contributed by atoms with Crippen LogP contribution in [-0.2, 0) is 0 Å². The fraction of sp³-hybridized carbons (Fsp3) is 0.667. The van der Waals surface area contributed by atoms with Crippen molar-refractivity contribution in [1.82, 2.24) is 9.97 Å². The molecule has 0 aliphatic heterocycles. The Hall–Kier alpha value is -1.52. The number of anilines is 2. The lowest BCUT2D eigenvalue weighted by Crippen LogP contribution is -2.38. The molecule has 1 fully saturated rings. The molecule has 0 atom stereocenters. The largest absolute Gasteiger partial charge is 0.473 e. The Morgan fingerprint density at radius 1 is 1.41 bits per heavy atom. The molecular weight excluding hydrogens is 216 g/mol. The summed E-state index contributed by atoms with van der Waals surface area (Å²) in [5.41, 5.74) is 6.60. The van der Waals surface area contributed by atoms with E-state index in [-0.39, 0.29) is 6.10 Å². The molecule has 1 aliphatic carbocycles. The third kappa shape index (κ3) is 2.43. The highest BCUT2D eigenvalue weighted by Gasteiger charge is 2.25. The van der Waals surface area contributed by atoms with Gasteiger partial charge in [0, 0.05) is 13.1 Å². The predicted octanol–water partition coefficient (Wildman–Crippen LogP) is 1.83. The summed E-state index contributed by atoms with van der Waals surface area (Å²) < 4.78 is 5.56. The maximum Gasteiger partial charge on any atom is 0.242 e. The molecule has 5 heteroatoms. The van der Waals surface area contributed by atoms with E-state index in [0.717, 1.165) is 5.82 Å². The second-order valence-electron chi connectivity index (χ2n) is 4.78. The van der Waals surface area contributed by atoms with Crippen molar-refractivity contribution in [3.63, 3.8) is 0 Å². The van der Waals surface area contributed by atoms with E-state index in [1.807, 2.05) is 20.9 Å². The summed E-state index contributed by atoms with van der Waals surface area (Å²) >= 11 is 0. The molecule has 5 nitrogen and oxygen atoms in total. The van der Waals surface area contributed by atoms with E-state index < -0.39 is 0 Å². The minimum absolute atomic E-state index is 0.0639. The topological polar surface area (TPSA) is 64.3 Å². The van der Waals surface area contributed by atoms with Gasteiger partial charge < -0.3 is 15.4 Å². The van der Waals surface area contributed by atoms with Crippen molar-refractivity contribution in [1.29, 1.82) is 0 Å². The quantitative estimate of drug-likeness (QED) is 0.864. The smallest absolute Gasteiger partial charge is 0.242 e. The summed E-state index contributed by atoms with van der Waals surface area (Å²) in [6.45, 7) is 3.91. The first-order chi connectivity index (χ1) is 8.09. The molecule has 2 N–H and O–H groups in total. The standard InChI is InChI=1S/C12H20N4O/c1-8(2)17-12-10(13)11(14-7-15-12)16(3)9-5-4-6-9/h7-9H,4-6,13H2,1-3H3. The molecule has 0 aromatic carbocycles. The zero-order valence-electron chi connectivity index (χ0n) is 10.7. The van der Waals surface area contributed by atoms with Crippen LogP contribution in [0.25, 0.3) is 0 Å². The molecule has 0 saturated heterocycles. The van der Waals surface area contributed by atoms with E-state index in [9.17, 15) is 0 Å². The van der Waals surface area contributed by atoms with Crippen molar-refractivity contribution >= 4 is 11.5 Å². The lowest BCUT2D eigenvalue weighted by atomic mass is 9.92. The van der Waals surface area contributed by atoms with Gasteiger partial charge in [-0.1, -0.05) is 0 Å². The van der Waals surface area contributed by atoms with Crippen LogP contribution in [0.2, 0.25) is 0 Å². The van der Waals surface area contributed by atoms with Gasteiger partial charge in [0.05, 0.1) is 6.10 Å². The first-order valence-electron chi connectivity index (χ1n) is 6.09. The molecular formula is C12H20N4O. The minimum Gasteiger partial charge on any atom is -0.473 e. The predicted molar refractivity (Wildman–Crippen MR) is 68.3 cm³/mol. The Morgan fingerprint density at radius 2 is 2.12 bits per heavy atom. The summed E-state index contributed by atoms with van der Waals surface area (Å²) in [7, 11) is 2.03. The highest BCUT2D eigenvalue weighted by Crippen LogP contribution is 2.33. The fourth-order valence-corrected chi connectivity index (χ4v) is 1.92. The van der Waals surface area contributed by atoms with E-state index in [2.05, 4.69) is 14.9 Å². The van der Waals surface area contributed by atoms with E-state index >= 15 is 0 Å². The van der Waals surface area contributed by atoms with Crippen LogP contribution in [0.5, 0.6) is 5.88 Å². The Morgan fingerprint density at radius 3 is 2.65 bits per heavy atom. The minimum atomic E-state index is 0.0639. The van der Waals surface area contributed by atoms with E-state index in [1.165, 1.54) is 25.6 Å². The summed E-state index contributed by atoms with van der Waals surface area (Å²) in [6.07, 6.45) is 5.28. The molecule has 0 bridgehead atoms. The number of rotatable bonds is 4. The monoisotopic (exact) mass is 236 g/mol. The van der Waals surface area contributed by atoms with Gasteiger partial charge in [-0.15, -0.1) is 0 Å². The highest BCUT2D eigenvalue weighted by molar-refractivity contribution is 5.67. The average Bonchev–Trinajstić information content (AvgIpc) is 2.17. The van der Waals surface area contributed by atoms with Gasteiger partial charge in [0.2, 0.25) is 5.88 Å². The van der Waals surface area contributed by atoms with Gasteiger partial charge in [-0.3, -0.25) is 0 Å². The molecule has 1 aromatic rings. The molecule has 0 spiro atoms. The van der Waals surface area contributed by atoms with Crippen LogP contribution in [0.3, 0.4) is 0 Å². The second kappa shape index (κ2) is 4.77. The molecule has 94 valence electrons. The van der Waals surface area contributed by atoms with Crippen molar-refractivity contribution in [2.45, 2.75) is 45.3 Å². The summed E-state index contributed by atoms with van der Waals surface area (Å²) in [5.74, 6) is 1.26. The molecule has 1 aromatic heterocycles. The first kappa shape index (κ1) is 12.0. The highest BCUT2D eigenvalue weighted by atomic mass is 16.5. The van der Waals surface area contributed by atoms with Crippen LogP contribution in [0.1, 0.15) is 33.1 Å². The van der Waals surface area contributed by atoms with Crippen molar-refractivity contribution in [3.05, 3.63) is 6.33 Å². The Balaban J connectivity index is 2.21. The maximum atomic E-state index is 6.06. The van der Waals surface area contributed by atoms with Gasteiger partial charge in [-0.25, -0.2) is 4.98 Å². The van der Waals surface area contributed by atoms with E-state index in [4.69, 9.17) is 10.5 Å².